The smallest absolute Gasteiger partial charge is 0.357 e. The van der Waals surface area contributed by atoms with Crippen LogP contribution in [-0.2, 0) is 4.74 Å². The van der Waals surface area contributed by atoms with E-state index in [0.29, 0.717) is 55.0 Å². The second kappa shape index (κ2) is 12.1. The highest BCUT2D eigenvalue weighted by molar-refractivity contribution is 5.87. The zero-order chi connectivity index (χ0) is 28.4. The fourth-order valence-electron chi connectivity index (χ4n) is 7.60. The van der Waals surface area contributed by atoms with Crippen LogP contribution in [0.15, 0.2) is 60.3 Å². The number of hydrogen-bond donors (Lipinski definition) is 2. The first kappa shape index (κ1) is 29.7. The predicted octanol–water partition coefficient (Wildman–Crippen LogP) is 7.07. The number of ether oxygens (including phenoxy) is 1. The lowest BCUT2D eigenvalue weighted by molar-refractivity contribution is -0.155. The van der Waals surface area contributed by atoms with Gasteiger partial charge in [-0.05, 0) is 104 Å². The summed E-state index contributed by atoms with van der Waals surface area (Å²) in [4.78, 5) is 16.7. The van der Waals surface area contributed by atoms with Crippen molar-refractivity contribution in [2.45, 2.75) is 104 Å². The normalized spacial score (nSPS) is 34.7. The number of allylic oxidation sites excluding steroid dienone is 3. The molecule has 3 aliphatic rings. The van der Waals surface area contributed by atoms with E-state index < -0.39 is 17.7 Å². The average Bonchev–Trinajstić information content (AvgIpc) is 3.27. The van der Waals surface area contributed by atoms with Crippen LogP contribution in [0.3, 0.4) is 0 Å². The number of hydrogen-bond acceptors (Lipinski definition) is 5. The third-order valence-corrected chi connectivity index (χ3v) is 10.4. The minimum atomic E-state index is -1.17. The number of aromatic nitrogens is 1. The Morgan fingerprint density at radius 2 is 1.92 bits per heavy atom. The summed E-state index contributed by atoms with van der Waals surface area (Å²) in [6.07, 6.45) is 13.4. The Labute approximate surface area is 235 Å². The van der Waals surface area contributed by atoms with Crippen molar-refractivity contribution in [3.8, 4) is 0 Å². The van der Waals surface area contributed by atoms with Crippen LogP contribution < -0.4 is 0 Å². The minimum absolute atomic E-state index is 0.0123. The maximum Gasteiger partial charge on any atom is 0.357 e. The van der Waals surface area contributed by atoms with Gasteiger partial charge < -0.3 is 14.9 Å². The number of fused-ring (bicyclic) bond motifs is 1. The maximum absolute atomic E-state index is 12.6. The molecule has 0 radical (unpaired) electrons. The van der Waals surface area contributed by atoms with Gasteiger partial charge in [-0.1, -0.05) is 65.0 Å². The van der Waals surface area contributed by atoms with Gasteiger partial charge >= 0.3 is 5.97 Å². The Balaban J connectivity index is 1.48. The summed E-state index contributed by atoms with van der Waals surface area (Å²) in [6, 6.07) is 5.18. The zero-order valence-electron chi connectivity index (χ0n) is 24.6. The summed E-state index contributed by atoms with van der Waals surface area (Å²) >= 11 is 0. The molecule has 2 N–H and O–H groups in total. The second-order valence-electron chi connectivity index (χ2n) is 13.2. The van der Waals surface area contributed by atoms with E-state index in [-0.39, 0.29) is 17.4 Å². The fraction of sp³-hybridized carbons (Fsp3) is 0.647. The number of pyridine rings is 1. The number of rotatable bonds is 8. The van der Waals surface area contributed by atoms with E-state index >= 15 is 0 Å². The lowest BCUT2D eigenvalue weighted by Crippen LogP contribution is -2.56. The lowest BCUT2D eigenvalue weighted by atomic mass is 9.56. The van der Waals surface area contributed by atoms with Crippen LogP contribution in [0.25, 0.3) is 0 Å². The largest absolute Gasteiger partial charge is 0.457 e. The van der Waals surface area contributed by atoms with Gasteiger partial charge in [0.05, 0.1) is 5.60 Å². The molecule has 0 aromatic carbocycles. The Morgan fingerprint density at radius 3 is 2.62 bits per heavy atom. The SMILES string of the molecule is C=C1CC[C@@H](OC(=O)c2ccccn2)C/C1=C/[C@H](O)[C@]1(O)CCC[C@]2(C)[C@@H]([C@H](C)/C=C/[C@H](C)C(C)C)CC[C@H]21. The van der Waals surface area contributed by atoms with Crippen molar-refractivity contribution >= 4 is 5.97 Å². The van der Waals surface area contributed by atoms with Crippen LogP contribution in [0.5, 0.6) is 0 Å². The molecule has 0 bridgehead atoms. The predicted molar refractivity (Wildman–Crippen MR) is 156 cm³/mol. The maximum atomic E-state index is 12.6. The highest BCUT2D eigenvalue weighted by atomic mass is 16.5. The molecule has 5 nitrogen and oxygen atoms in total. The number of nitrogens with zero attached hydrogens (tertiary/aromatic N) is 1. The average molecular weight is 536 g/mol. The summed E-state index contributed by atoms with van der Waals surface area (Å²) in [6.45, 7) is 15.7. The van der Waals surface area contributed by atoms with Gasteiger partial charge in [-0.3, -0.25) is 0 Å². The number of aliphatic hydroxyl groups excluding tert-OH is 1. The van der Waals surface area contributed by atoms with Crippen molar-refractivity contribution in [2.75, 3.05) is 0 Å². The molecular weight excluding hydrogens is 486 g/mol. The third-order valence-electron chi connectivity index (χ3n) is 10.4. The summed E-state index contributed by atoms with van der Waals surface area (Å²) in [5.74, 6) is 1.71. The van der Waals surface area contributed by atoms with Crippen molar-refractivity contribution < 1.29 is 19.7 Å². The number of aliphatic hydroxyl groups is 2. The number of esters is 1. The Hall–Kier alpha value is -2.24. The van der Waals surface area contributed by atoms with E-state index in [9.17, 15) is 15.0 Å². The van der Waals surface area contributed by atoms with Crippen molar-refractivity contribution in [2.24, 2.45) is 35.0 Å². The highest BCUT2D eigenvalue weighted by Crippen LogP contribution is 2.61. The van der Waals surface area contributed by atoms with Gasteiger partial charge in [0.25, 0.3) is 0 Å². The van der Waals surface area contributed by atoms with Crippen molar-refractivity contribution in [1.29, 1.82) is 0 Å². The Kier molecular flexibility index (Phi) is 9.22. The zero-order valence-corrected chi connectivity index (χ0v) is 24.6. The highest BCUT2D eigenvalue weighted by Gasteiger charge is 2.59. The van der Waals surface area contributed by atoms with Crippen molar-refractivity contribution in [3.63, 3.8) is 0 Å². The monoisotopic (exact) mass is 535 g/mol. The lowest BCUT2D eigenvalue weighted by Gasteiger charge is -2.52. The molecule has 1 aromatic heterocycles. The molecule has 0 spiro atoms. The van der Waals surface area contributed by atoms with Gasteiger partial charge in [-0.25, -0.2) is 9.78 Å². The second-order valence-corrected chi connectivity index (χ2v) is 13.2. The molecule has 1 aromatic rings. The van der Waals surface area contributed by atoms with E-state index in [1.807, 2.05) is 6.08 Å². The van der Waals surface area contributed by atoms with Crippen LogP contribution in [-0.4, -0.2) is 39.0 Å². The first-order valence-corrected chi connectivity index (χ1v) is 15.0. The molecule has 5 heteroatoms. The molecule has 3 saturated carbocycles. The quantitative estimate of drug-likeness (QED) is 0.275. The van der Waals surface area contributed by atoms with Crippen molar-refractivity contribution in [1.82, 2.24) is 4.98 Å². The number of carbonyl (C=O) groups is 1. The molecule has 1 heterocycles. The minimum Gasteiger partial charge on any atom is -0.457 e. The summed E-state index contributed by atoms with van der Waals surface area (Å²) < 4.78 is 5.75. The van der Waals surface area contributed by atoms with Crippen LogP contribution in [0.1, 0.15) is 96.5 Å². The molecule has 39 heavy (non-hydrogen) atoms. The molecule has 3 aliphatic carbocycles. The van der Waals surface area contributed by atoms with Gasteiger partial charge in [-0.15, -0.1) is 0 Å². The van der Waals surface area contributed by atoms with Crippen LogP contribution in [0.4, 0.5) is 0 Å². The molecule has 0 aliphatic heterocycles. The van der Waals surface area contributed by atoms with Crippen LogP contribution >= 0.6 is 0 Å². The number of carbonyl (C=O) groups excluding carboxylic acids is 1. The molecule has 3 fully saturated rings. The Morgan fingerprint density at radius 1 is 1.15 bits per heavy atom. The molecular formula is C34H49NO4. The first-order valence-electron chi connectivity index (χ1n) is 15.0. The van der Waals surface area contributed by atoms with Gasteiger partial charge in [0.1, 0.15) is 17.9 Å². The van der Waals surface area contributed by atoms with Crippen LogP contribution in [0, 0.1) is 35.0 Å². The topological polar surface area (TPSA) is 79.7 Å². The molecule has 4 rings (SSSR count). The fourth-order valence-corrected chi connectivity index (χ4v) is 7.60. The van der Waals surface area contributed by atoms with Gasteiger partial charge in [0.2, 0.25) is 0 Å². The third kappa shape index (κ3) is 6.25. The van der Waals surface area contributed by atoms with E-state index in [1.54, 1.807) is 24.4 Å². The molecule has 0 saturated heterocycles. The van der Waals surface area contributed by atoms with Gasteiger partial charge in [0, 0.05) is 12.6 Å². The van der Waals surface area contributed by atoms with Gasteiger partial charge in [-0.2, -0.15) is 0 Å². The van der Waals surface area contributed by atoms with E-state index in [1.165, 1.54) is 0 Å². The molecule has 0 unspecified atom stereocenters. The van der Waals surface area contributed by atoms with Gasteiger partial charge in [0.15, 0.2) is 0 Å². The summed E-state index contributed by atoms with van der Waals surface area (Å²) in [5, 5.41) is 23.7. The summed E-state index contributed by atoms with van der Waals surface area (Å²) in [5.41, 5.74) is 0.954. The van der Waals surface area contributed by atoms with Crippen LogP contribution in [0.2, 0.25) is 0 Å². The first-order chi connectivity index (χ1) is 18.5. The van der Waals surface area contributed by atoms with E-state index in [4.69, 9.17) is 4.74 Å². The molecule has 0 amide bonds. The van der Waals surface area contributed by atoms with E-state index in [2.05, 4.69) is 58.3 Å². The standard InChI is InChI=1S/C34H49NO4/c1-22(2)23(3)11-12-25(5)28-15-16-30-33(28,6)17-9-18-34(30,38)31(36)21-26-20-27(14-13-24(26)4)39-32(37)29-10-7-8-19-35-29/h7-8,10-12,19,21-23,25,27-28,30-31,36,38H,4,9,13-18,20H2,1-3,5-6H3/b12-11+,26-21-/t23-,25+,27+,28+,30+,31-,33+,34-/m0/s1. The van der Waals surface area contributed by atoms with Crippen molar-refractivity contribution in [3.05, 3.63) is 66.0 Å². The molecule has 8 atom stereocenters. The summed E-state index contributed by atoms with van der Waals surface area (Å²) in [7, 11) is 0. The Bertz CT molecular complexity index is 1080. The molecule has 214 valence electrons. The van der Waals surface area contributed by atoms with E-state index in [0.717, 1.165) is 36.8 Å².